The van der Waals surface area contributed by atoms with Crippen LogP contribution in [-0.4, -0.2) is 42.8 Å². The van der Waals surface area contributed by atoms with Crippen molar-refractivity contribution in [2.45, 2.75) is 39.7 Å². The Morgan fingerprint density at radius 1 is 1.32 bits per heavy atom. The number of carbonyl (C=O) groups is 1. The van der Waals surface area contributed by atoms with Crippen LogP contribution in [0.4, 0.5) is 10.5 Å². The topological polar surface area (TPSA) is 56.6 Å². The summed E-state index contributed by atoms with van der Waals surface area (Å²) in [6.45, 7) is 10.9. The van der Waals surface area contributed by atoms with Crippen molar-refractivity contribution in [1.82, 2.24) is 4.90 Å². The zero-order chi connectivity index (χ0) is 18.4. The van der Waals surface area contributed by atoms with E-state index in [2.05, 4.69) is 26.9 Å². The van der Waals surface area contributed by atoms with Crippen LogP contribution in [0.1, 0.15) is 38.3 Å². The number of anilines is 1. The van der Waals surface area contributed by atoms with Gasteiger partial charge in [-0.05, 0) is 61.7 Å². The Kier molecular flexibility index (Phi) is 4.48. The van der Waals surface area contributed by atoms with E-state index in [-0.39, 0.29) is 11.5 Å². The second kappa shape index (κ2) is 6.21. The lowest BCUT2D eigenvalue weighted by Gasteiger charge is -2.47. The second-order valence-corrected chi connectivity index (χ2v) is 9.00. The minimum atomic E-state index is -0.461. The van der Waals surface area contributed by atoms with E-state index in [1.54, 1.807) is 4.90 Å². The van der Waals surface area contributed by atoms with Gasteiger partial charge in [0, 0.05) is 36.1 Å². The molecule has 0 aliphatic carbocycles. The van der Waals surface area contributed by atoms with Gasteiger partial charge in [0.25, 0.3) is 0 Å². The van der Waals surface area contributed by atoms with Crippen molar-refractivity contribution < 1.29 is 9.53 Å². The Labute approximate surface area is 157 Å². The van der Waals surface area contributed by atoms with Gasteiger partial charge in [0.2, 0.25) is 0 Å². The first kappa shape index (κ1) is 18.1. The number of benzene rings is 1. The van der Waals surface area contributed by atoms with Crippen molar-refractivity contribution in [2.24, 2.45) is 5.41 Å². The van der Waals surface area contributed by atoms with Gasteiger partial charge in [-0.15, -0.1) is 0 Å². The van der Waals surface area contributed by atoms with E-state index in [4.69, 9.17) is 4.74 Å². The zero-order valence-electron chi connectivity index (χ0n) is 15.2. The highest BCUT2D eigenvalue weighted by Crippen LogP contribution is 2.43. The number of likely N-dealkylation sites (tertiary alicyclic amines) is 1. The largest absolute Gasteiger partial charge is 0.444 e. The first-order valence-electron chi connectivity index (χ1n) is 8.56. The Morgan fingerprint density at radius 2 is 2.00 bits per heavy atom. The standard InChI is InChI=1S/C19H24BrN3O2/c1-13-5-6-15(14(9-21)16(13)20)22-8-7-19(10-22)11-23(12-19)17(24)25-18(2,3)4/h5-6H,7-8,10-12H2,1-4H3. The van der Waals surface area contributed by atoms with E-state index in [9.17, 15) is 10.1 Å². The summed E-state index contributed by atoms with van der Waals surface area (Å²) in [7, 11) is 0. The van der Waals surface area contributed by atoms with Crippen LogP contribution in [0.3, 0.4) is 0 Å². The molecule has 5 nitrogen and oxygen atoms in total. The number of aryl methyl sites for hydroxylation is 1. The van der Waals surface area contributed by atoms with Crippen molar-refractivity contribution >= 4 is 27.7 Å². The molecule has 0 aromatic heterocycles. The van der Waals surface area contributed by atoms with Crippen LogP contribution in [0.15, 0.2) is 16.6 Å². The van der Waals surface area contributed by atoms with Gasteiger partial charge in [-0.25, -0.2) is 4.79 Å². The molecule has 1 spiro atoms. The summed E-state index contributed by atoms with van der Waals surface area (Å²) in [6, 6.07) is 6.40. The first-order chi connectivity index (χ1) is 11.6. The van der Waals surface area contributed by atoms with Crippen molar-refractivity contribution in [3.05, 3.63) is 27.7 Å². The van der Waals surface area contributed by atoms with E-state index < -0.39 is 5.60 Å². The van der Waals surface area contributed by atoms with E-state index in [0.29, 0.717) is 5.56 Å². The van der Waals surface area contributed by atoms with Gasteiger partial charge in [0.05, 0.1) is 11.3 Å². The number of hydrogen-bond acceptors (Lipinski definition) is 4. The van der Waals surface area contributed by atoms with Gasteiger partial charge >= 0.3 is 6.09 Å². The summed E-state index contributed by atoms with van der Waals surface area (Å²) in [5, 5.41) is 9.53. The predicted octanol–water partition coefficient (Wildman–Crippen LogP) is 4.08. The molecule has 2 aliphatic rings. The Morgan fingerprint density at radius 3 is 2.60 bits per heavy atom. The molecule has 0 N–H and O–H groups in total. The van der Waals surface area contributed by atoms with E-state index in [0.717, 1.165) is 48.3 Å². The molecule has 0 bridgehead atoms. The Hall–Kier alpha value is -1.74. The third kappa shape index (κ3) is 3.48. The highest BCUT2D eigenvalue weighted by Gasteiger charge is 2.50. The van der Waals surface area contributed by atoms with Gasteiger partial charge in [-0.3, -0.25) is 0 Å². The van der Waals surface area contributed by atoms with Gasteiger partial charge < -0.3 is 14.5 Å². The quantitative estimate of drug-likeness (QED) is 0.706. The first-order valence-corrected chi connectivity index (χ1v) is 9.35. The molecule has 0 radical (unpaired) electrons. The maximum absolute atomic E-state index is 12.2. The molecule has 1 aromatic rings. The number of ether oxygens (including phenoxy) is 1. The predicted molar refractivity (Wildman–Crippen MR) is 101 cm³/mol. The highest BCUT2D eigenvalue weighted by molar-refractivity contribution is 9.10. The van der Waals surface area contributed by atoms with E-state index >= 15 is 0 Å². The Balaban J connectivity index is 1.68. The van der Waals surface area contributed by atoms with Gasteiger partial charge in [0.15, 0.2) is 0 Å². The van der Waals surface area contributed by atoms with Crippen LogP contribution in [0, 0.1) is 23.7 Å². The number of halogens is 1. The number of amides is 1. The van der Waals surface area contributed by atoms with Crippen molar-refractivity contribution in [3.63, 3.8) is 0 Å². The van der Waals surface area contributed by atoms with Crippen molar-refractivity contribution in [3.8, 4) is 6.07 Å². The number of nitriles is 1. The SMILES string of the molecule is Cc1ccc(N2CCC3(CN(C(=O)OC(C)(C)C)C3)C2)c(C#N)c1Br. The summed E-state index contributed by atoms with van der Waals surface area (Å²) >= 11 is 3.54. The van der Waals surface area contributed by atoms with Crippen LogP contribution in [0.5, 0.6) is 0 Å². The monoisotopic (exact) mass is 405 g/mol. The smallest absolute Gasteiger partial charge is 0.410 e. The fraction of sp³-hybridized carbons (Fsp3) is 0.579. The minimum absolute atomic E-state index is 0.126. The zero-order valence-corrected chi connectivity index (χ0v) is 16.8. The average molecular weight is 406 g/mol. The lowest BCUT2D eigenvalue weighted by atomic mass is 9.79. The molecule has 0 saturated carbocycles. The molecule has 25 heavy (non-hydrogen) atoms. The maximum Gasteiger partial charge on any atom is 0.410 e. The maximum atomic E-state index is 12.2. The number of rotatable bonds is 1. The van der Waals surface area contributed by atoms with Crippen LogP contribution in [0.2, 0.25) is 0 Å². The lowest BCUT2D eigenvalue weighted by Crippen LogP contribution is -2.60. The van der Waals surface area contributed by atoms with Gasteiger partial charge in [0.1, 0.15) is 11.7 Å². The third-order valence-corrected chi connectivity index (χ3v) is 5.93. The average Bonchev–Trinajstić information content (AvgIpc) is 2.92. The summed E-state index contributed by atoms with van der Waals surface area (Å²) in [5.41, 5.74) is 2.40. The summed E-state index contributed by atoms with van der Waals surface area (Å²) < 4.78 is 6.32. The van der Waals surface area contributed by atoms with Crippen LogP contribution < -0.4 is 4.90 Å². The van der Waals surface area contributed by atoms with E-state index in [1.165, 1.54) is 0 Å². The molecule has 1 aromatic carbocycles. The molecular formula is C19H24BrN3O2. The molecule has 3 rings (SSSR count). The number of carbonyl (C=O) groups excluding carboxylic acids is 1. The fourth-order valence-electron chi connectivity index (χ4n) is 3.66. The molecule has 2 aliphatic heterocycles. The highest BCUT2D eigenvalue weighted by atomic mass is 79.9. The van der Waals surface area contributed by atoms with E-state index in [1.807, 2.05) is 39.8 Å². The second-order valence-electron chi connectivity index (χ2n) is 8.21. The molecule has 134 valence electrons. The third-order valence-electron chi connectivity index (χ3n) is 4.91. The van der Waals surface area contributed by atoms with Crippen molar-refractivity contribution in [1.29, 1.82) is 5.26 Å². The van der Waals surface area contributed by atoms with Crippen LogP contribution >= 0.6 is 15.9 Å². The normalized spacial score (nSPS) is 18.9. The fourth-order valence-corrected chi connectivity index (χ4v) is 4.08. The molecule has 2 saturated heterocycles. The minimum Gasteiger partial charge on any atom is -0.444 e. The molecule has 1 amide bonds. The van der Waals surface area contributed by atoms with Gasteiger partial charge in [-0.2, -0.15) is 5.26 Å². The molecule has 6 heteroatoms. The number of hydrogen-bond donors (Lipinski definition) is 0. The number of nitrogens with zero attached hydrogens (tertiary/aromatic N) is 3. The summed E-state index contributed by atoms with van der Waals surface area (Å²) in [5.74, 6) is 0. The lowest BCUT2D eigenvalue weighted by molar-refractivity contribution is -0.0266. The summed E-state index contributed by atoms with van der Waals surface area (Å²) in [6.07, 6.45) is 0.801. The Bertz CT molecular complexity index is 742. The van der Waals surface area contributed by atoms with Crippen LogP contribution in [0.25, 0.3) is 0 Å². The van der Waals surface area contributed by atoms with Gasteiger partial charge in [-0.1, -0.05) is 6.07 Å². The van der Waals surface area contributed by atoms with Crippen molar-refractivity contribution in [2.75, 3.05) is 31.1 Å². The molecule has 2 fully saturated rings. The molecular weight excluding hydrogens is 382 g/mol. The summed E-state index contributed by atoms with van der Waals surface area (Å²) in [4.78, 5) is 16.2. The molecule has 0 atom stereocenters. The molecule has 0 unspecified atom stereocenters. The molecule has 2 heterocycles. The van der Waals surface area contributed by atoms with Crippen LogP contribution in [-0.2, 0) is 4.74 Å².